The molecule has 1 fully saturated rings. The molecule has 1 aromatic carbocycles. The second kappa shape index (κ2) is 7.65. The van der Waals surface area contributed by atoms with E-state index < -0.39 is 6.04 Å². The van der Waals surface area contributed by atoms with Crippen molar-refractivity contribution in [3.8, 4) is 5.75 Å². The van der Waals surface area contributed by atoms with E-state index in [2.05, 4.69) is 15.6 Å². The first-order valence-electron chi connectivity index (χ1n) is 8.10. The Morgan fingerprint density at radius 3 is 2.64 bits per heavy atom. The number of urea groups is 1. The minimum absolute atomic E-state index is 0.191. The van der Waals surface area contributed by atoms with Crippen LogP contribution in [-0.2, 0) is 4.79 Å². The molecule has 25 heavy (non-hydrogen) atoms. The number of nitrogens with one attached hydrogen (secondary N) is 2. The minimum Gasteiger partial charge on any atom is -0.497 e. The van der Waals surface area contributed by atoms with Crippen LogP contribution in [0.2, 0.25) is 0 Å². The van der Waals surface area contributed by atoms with Gasteiger partial charge in [-0.1, -0.05) is 0 Å². The summed E-state index contributed by atoms with van der Waals surface area (Å²) < 4.78 is 5.10. The maximum Gasteiger partial charge on any atom is 0.322 e. The molecule has 0 bridgehead atoms. The van der Waals surface area contributed by atoms with Crippen LogP contribution in [0.15, 0.2) is 48.8 Å². The van der Waals surface area contributed by atoms with Gasteiger partial charge < -0.3 is 20.3 Å². The van der Waals surface area contributed by atoms with Crippen molar-refractivity contribution in [1.82, 2.24) is 9.88 Å². The lowest BCUT2D eigenvalue weighted by atomic mass is 10.2. The molecule has 3 amide bonds. The van der Waals surface area contributed by atoms with Crippen LogP contribution in [0, 0.1) is 0 Å². The number of benzene rings is 1. The zero-order chi connectivity index (χ0) is 17.6. The summed E-state index contributed by atoms with van der Waals surface area (Å²) in [5, 5.41) is 5.63. The SMILES string of the molecule is COc1ccc(NC(=O)C2CCCN2C(=O)Nc2cccnc2)cc1. The number of ether oxygens (including phenoxy) is 1. The molecule has 1 aliphatic heterocycles. The Balaban J connectivity index is 1.63. The van der Waals surface area contributed by atoms with Gasteiger partial charge in [0.2, 0.25) is 5.91 Å². The number of rotatable bonds is 4. The average molecular weight is 340 g/mol. The first-order chi connectivity index (χ1) is 12.2. The molecule has 1 saturated heterocycles. The van der Waals surface area contributed by atoms with Crippen molar-refractivity contribution in [1.29, 1.82) is 0 Å². The highest BCUT2D eigenvalue weighted by atomic mass is 16.5. The van der Waals surface area contributed by atoms with E-state index >= 15 is 0 Å². The lowest BCUT2D eigenvalue weighted by Crippen LogP contribution is -2.45. The van der Waals surface area contributed by atoms with E-state index in [0.29, 0.717) is 24.3 Å². The van der Waals surface area contributed by atoms with Gasteiger partial charge in [-0.2, -0.15) is 0 Å². The van der Waals surface area contributed by atoms with E-state index in [1.54, 1.807) is 60.8 Å². The van der Waals surface area contributed by atoms with Crippen molar-refractivity contribution in [2.24, 2.45) is 0 Å². The molecule has 0 spiro atoms. The van der Waals surface area contributed by atoms with E-state index in [9.17, 15) is 9.59 Å². The molecule has 3 rings (SSSR count). The summed E-state index contributed by atoms with van der Waals surface area (Å²) in [7, 11) is 1.59. The summed E-state index contributed by atoms with van der Waals surface area (Å²) in [6.07, 6.45) is 4.64. The van der Waals surface area contributed by atoms with Gasteiger partial charge in [-0.05, 0) is 49.2 Å². The fourth-order valence-corrected chi connectivity index (χ4v) is 2.81. The van der Waals surface area contributed by atoms with Gasteiger partial charge in [0.1, 0.15) is 11.8 Å². The van der Waals surface area contributed by atoms with Crippen LogP contribution in [0.1, 0.15) is 12.8 Å². The van der Waals surface area contributed by atoms with Crippen LogP contribution in [0.4, 0.5) is 16.2 Å². The van der Waals surface area contributed by atoms with Crippen molar-refractivity contribution in [2.45, 2.75) is 18.9 Å². The van der Waals surface area contributed by atoms with Crippen molar-refractivity contribution < 1.29 is 14.3 Å². The number of hydrogen-bond donors (Lipinski definition) is 2. The molecule has 1 aliphatic rings. The first-order valence-corrected chi connectivity index (χ1v) is 8.10. The highest BCUT2D eigenvalue weighted by molar-refractivity contribution is 5.99. The molecule has 2 aromatic rings. The number of anilines is 2. The largest absolute Gasteiger partial charge is 0.497 e. The van der Waals surface area contributed by atoms with Crippen molar-refractivity contribution in [3.05, 3.63) is 48.8 Å². The maximum absolute atomic E-state index is 12.6. The monoisotopic (exact) mass is 340 g/mol. The van der Waals surface area contributed by atoms with Crippen LogP contribution in [0.3, 0.4) is 0 Å². The molecule has 1 unspecified atom stereocenters. The molecule has 1 atom stereocenters. The highest BCUT2D eigenvalue weighted by Gasteiger charge is 2.34. The smallest absolute Gasteiger partial charge is 0.322 e. The second-order valence-corrected chi connectivity index (χ2v) is 5.74. The number of carbonyl (C=O) groups excluding carboxylic acids is 2. The summed E-state index contributed by atoms with van der Waals surface area (Å²) >= 11 is 0. The number of nitrogens with zero attached hydrogens (tertiary/aromatic N) is 2. The van der Waals surface area contributed by atoms with Gasteiger partial charge in [0.25, 0.3) is 0 Å². The Bertz CT molecular complexity index is 734. The van der Waals surface area contributed by atoms with E-state index in [4.69, 9.17) is 4.74 Å². The predicted octanol–water partition coefficient (Wildman–Crippen LogP) is 2.73. The Hall–Kier alpha value is -3.09. The molecular formula is C18H20N4O3. The van der Waals surface area contributed by atoms with Gasteiger partial charge in [0.15, 0.2) is 0 Å². The van der Waals surface area contributed by atoms with Gasteiger partial charge in [-0.15, -0.1) is 0 Å². The van der Waals surface area contributed by atoms with Crippen LogP contribution in [0.25, 0.3) is 0 Å². The third-order valence-corrected chi connectivity index (χ3v) is 4.09. The topological polar surface area (TPSA) is 83.6 Å². The fourth-order valence-electron chi connectivity index (χ4n) is 2.81. The lowest BCUT2D eigenvalue weighted by molar-refractivity contribution is -0.119. The van der Waals surface area contributed by atoms with Crippen LogP contribution in [0.5, 0.6) is 5.75 Å². The Morgan fingerprint density at radius 1 is 1.16 bits per heavy atom. The fraction of sp³-hybridized carbons (Fsp3) is 0.278. The van der Waals surface area contributed by atoms with E-state index in [0.717, 1.165) is 12.2 Å². The molecule has 130 valence electrons. The molecular weight excluding hydrogens is 320 g/mol. The molecule has 2 heterocycles. The van der Waals surface area contributed by atoms with Crippen molar-refractivity contribution >= 4 is 23.3 Å². The van der Waals surface area contributed by atoms with E-state index in [-0.39, 0.29) is 11.9 Å². The number of carbonyl (C=O) groups is 2. The molecule has 0 aliphatic carbocycles. The van der Waals surface area contributed by atoms with E-state index in [1.807, 2.05) is 0 Å². The third kappa shape index (κ3) is 4.06. The number of likely N-dealkylation sites (tertiary alicyclic amines) is 1. The number of aromatic nitrogens is 1. The van der Waals surface area contributed by atoms with Gasteiger partial charge in [0.05, 0.1) is 19.0 Å². The number of hydrogen-bond acceptors (Lipinski definition) is 4. The van der Waals surface area contributed by atoms with Crippen molar-refractivity contribution in [2.75, 3.05) is 24.3 Å². The Morgan fingerprint density at radius 2 is 1.96 bits per heavy atom. The molecule has 0 saturated carbocycles. The van der Waals surface area contributed by atoms with Crippen LogP contribution < -0.4 is 15.4 Å². The Labute approximate surface area is 146 Å². The third-order valence-electron chi connectivity index (χ3n) is 4.09. The number of amides is 3. The van der Waals surface area contributed by atoms with Crippen LogP contribution >= 0.6 is 0 Å². The van der Waals surface area contributed by atoms with Crippen molar-refractivity contribution in [3.63, 3.8) is 0 Å². The normalized spacial score (nSPS) is 16.4. The van der Waals surface area contributed by atoms with Gasteiger partial charge in [-0.3, -0.25) is 9.78 Å². The molecule has 1 aromatic heterocycles. The van der Waals surface area contributed by atoms with Crippen LogP contribution in [-0.4, -0.2) is 41.5 Å². The zero-order valence-corrected chi connectivity index (χ0v) is 13.9. The van der Waals surface area contributed by atoms with E-state index in [1.165, 1.54) is 0 Å². The molecule has 7 nitrogen and oxygen atoms in total. The highest BCUT2D eigenvalue weighted by Crippen LogP contribution is 2.21. The maximum atomic E-state index is 12.6. The molecule has 0 radical (unpaired) electrons. The summed E-state index contributed by atoms with van der Waals surface area (Å²) in [6, 6.07) is 9.81. The Kier molecular flexibility index (Phi) is 5.13. The summed E-state index contributed by atoms with van der Waals surface area (Å²) in [5.41, 5.74) is 1.28. The molecule has 7 heteroatoms. The zero-order valence-electron chi connectivity index (χ0n) is 13.9. The van der Waals surface area contributed by atoms with Gasteiger partial charge >= 0.3 is 6.03 Å². The second-order valence-electron chi connectivity index (χ2n) is 5.74. The summed E-state index contributed by atoms with van der Waals surface area (Å²) in [6.45, 7) is 0.548. The minimum atomic E-state index is -0.487. The van der Waals surface area contributed by atoms with Gasteiger partial charge in [0, 0.05) is 18.4 Å². The average Bonchev–Trinajstić information content (AvgIpc) is 3.13. The number of pyridine rings is 1. The lowest BCUT2D eigenvalue weighted by Gasteiger charge is -2.24. The predicted molar refractivity (Wildman–Crippen MR) is 94.6 cm³/mol. The first kappa shape index (κ1) is 16.8. The summed E-state index contributed by atoms with van der Waals surface area (Å²) in [5.74, 6) is 0.528. The standard InChI is InChI=1S/C18H20N4O3/c1-25-15-8-6-13(7-9-15)20-17(23)16-5-3-11-22(16)18(24)21-14-4-2-10-19-12-14/h2,4,6-10,12,16H,3,5,11H2,1H3,(H,20,23)(H,21,24). The quantitative estimate of drug-likeness (QED) is 0.896. The summed E-state index contributed by atoms with van der Waals surface area (Å²) in [4.78, 5) is 30.5. The number of methoxy groups -OCH3 is 1. The van der Waals surface area contributed by atoms with Gasteiger partial charge in [-0.25, -0.2) is 4.79 Å². The molecule has 2 N–H and O–H groups in total.